The van der Waals surface area contributed by atoms with Crippen molar-refractivity contribution in [2.75, 3.05) is 0 Å². The molecule has 0 saturated carbocycles. The fraction of sp³-hybridized carbons (Fsp3) is 0.0500. The molecule has 1 unspecified atom stereocenters. The van der Waals surface area contributed by atoms with Gasteiger partial charge >= 0.3 is 0 Å². The summed E-state index contributed by atoms with van der Waals surface area (Å²) in [4.78, 5) is 8.22. The maximum Gasteiger partial charge on any atom is 0.101 e. The van der Waals surface area contributed by atoms with Crippen LogP contribution in [0.4, 0.5) is 0 Å². The molecule has 4 aromatic rings. The van der Waals surface area contributed by atoms with Crippen LogP contribution >= 0.6 is 0 Å². The van der Waals surface area contributed by atoms with E-state index in [0.29, 0.717) is 0 Å². The van der Waals surface area contributed by atoms with E-state index in [4.69, 9.17) is 4.99 Å². The average Bonchev–Trinajstić information content (AvgIpc) is 3.14. The lowest BCUT2D eigenvalue weighted by Crippen LogP contribution is -1.95. The number of nitrogens with one attached hydrogen (secondary N) is 1. The number of benzene rings is 3. The van der Waals surface area contributed by atoms with E-state index in [1.807, 2.05) is 12.3 Å². The SMILES string of the molecule is C1=NC(c2ccccc2)c2cc3c(cc21)[nH]c1ccccc13. The third kappa shape index (κ3) is 1.58. The second-order valence-corrected chi connectivity index (χ2v) is 5.79. The summed E-state index contributed by atoms with van der Waals surface area (Å²) in [7, 11) is 0. The summed E-state index contributed by atoms with van der Waals surface area (Å²) in [5, 5.41) is 2.56. The molecular weight excluding hydrogens is 268 g/mol. The predicted molar refractivity (Wildman–Crippen MR) is 91.7 cm³/mol. The molecular formula is C20H14N2. The molecule has 0 bridgehead atoms. The van der Waals surface area contributed by atoms with Crippen LogP contribution in [0, 0.1) is 0 Å². The molecule has 0 spiro atoms. The summed E-state index contributed by atoms with van der Waals surface area (Å²) >= 11 is 0. The molecule has 2 heteroatoms. The largest absolute Gasteiger partial charge is 0.354 e. The Balaban J connectivity index is 1.78. The molecule has 0 amide bonds. The molecule has 3 aromatic carbocycles. The van der Waals surface area contributed by atoms with Crippen LogP contribution in [0.1, 0.15) is 22.7 Å². The van der Waals surface area contributed by atoms with Gasteiger partial charge in [-0.15, -0.1) is 0 Å². The number of para-hydroxylation sites is 1. The van der Waals surface area contributed by atoms with Crippen LogP contribution < -0.4 is 0 Å². The third-order valence-corrected chi connectivity index (χ3v) is 4.48. The average molecular weight is 282 g/mol. The quantitative estimate of drug-likeness (QED) is 0.517. The summed E-state index contributed by atoms with van der Waals surface area (Å²) < 4.78 is 0. The van der Waals surface area contributed by atoms with Gasteiger partial charge in [0.1, 0.15) is 6.04 Å². The van der Waals surface area contributed by atoms with Crippen LogP contribution in [0.3, 0.4) is 0 Å². The van der Waals surface area contributed by atoms with Gasteiger partial charge in [-0.25, -0.2) is 0 Å². The fourth-order valence-electron chi connectivity index (χ4n) is 3.42. The second kappa shape index (κ2) is 4.31. The molecule has 104 valence electrons. The van der Waals surface area contributed by atoms with Gasteiger partial charge in [0.15, 0.2) is 0 Å². The Kier molecular flexibility index (Phi) is 2.30. The first-order valence-electron chi connectivity index (χ1n) is 7.53. The summed E-state index contributed by atoms with van der Waals surface area (Å²) in [5.41, 5.74) is 6.13. The summed E-state index contributed by atoms with van der Waals surface area (Å²) in [5.74, 6) is 0. The minimum Gasteiger partial charge on any atom is -0.354 e. The van der Waals surface area contributed by atoms with E-state index in [-0.39, 0.29) is 6.04 Å². The molecule has 2 nitrogen and oxygen atoms in total. The van der Waals surface area contributed by atoms with Crippen LogP contribution in [0.5, 0.6) is 0 Å². The molecule has 0 fully saturated rings. The summed E-state index contributed by atoms with van der Waals surface area (Å²) in [6.07, 6.45) is 2.00. The van der Waals surface area contributed by atoms with Gasteiger partial charge in [-0.05, 0) is 29.3 Å². The molecule has 0 saturated heterocycles. The van der Waals surface area contributed by atoms with Gasteiger partial charge in [0.2, 0.25) is 0 Å². The molecule has 5 rings (SSSR count). The Morgan fingerprint density at radius 3 is 2.50 bits per heavy atom. The number of H-pyrrole nitrogens is 1. The predicted octanol–water partition coefficient (Wildman–Crippen LogP) is 4.84. The van der Waals surface area contributed by atoms with Gasteiger partial charge in [0.25, 0.3) is 0 Å². The zero-order valence-corrected chi connectivity index (χ0v) is 12.0. The number of nitrogens with zero attached hydrogens (tertiary/aromatic N) is 1. The molecule has 0 aliphatic carbocycles. The molecule has 1 atom stereocenters. The van der Waals surface area contributed by atoms with Crippen LogP contribution in [0.25, 0.3) is 21.8 Å². The van der Waals surface area contributed by atoms with Gasteiger partial charge in [-0.1, -0.05) is 48.5 Å². The highest BCUT2D eigenvalue weighted by molar-refractivity contribution is 6.09. The van der Waals surface area contributed by atoms with Crippen molar-refractivity contribution < 1.29 is 0 Å². The Labute approximate surface area is 128 Å². The van der Waals surface area contributed by atoms with E-state index in [9.17, 15) is 0 Å². The normalized spacial score (nSPS) is 16.5. The Morgan fingerprint density at radius 2 is 1.59 bits per heavy atom. The summed E-state index contributed by atoms with van der Waals surface area (Å²) in [6.45, 7) is 0. The van der Waals surface area contributed by atoms with Crippen molar-refractivity contribution in [1.29, 1.82) is 0 Å². The van der Waals surface area contributed by atoms with Crippen molar-refractivity contribution in [2.45, 2.75) is 6.04 Å². The minimum absolute atomic E-state index is 0.120. The van der Waals surface area contributed by atoms with Gasteiger partial charge in [0.05, 0.1) is 0 Å². The molecule has 2 heterocycles. The first-order chi connectivity index (χ1) is 10.9. The number of aromatic amines is 1. The lowest BCUT2D eigenvalue weighted by Gasteiger charge is -2.10. The van der Waals surface area contributed by atoms with Crippen LogP contribution in [0.2, 0.25) is 0 Å². The standard InChI is InChI=1S/C20H14N2/c1-2-6-13(7-3-1)20-16-11-17-15-8-4-5-9-18(15)22-19(17)10-14(16)12-21-20/h1-12,20,22H. The highest BCUT2D eigenvalue weighted by atomic mass is 14.8. The van der Waals surface area contributed by atoms with E-state index < -0.39 is 0 Å². The van der Waals surface area contributed by atoms with Crippen molar-refractivity contribution in [2.24, 2.45) is 4.99 Å². The fourth-order valence-corrected chi connectivity index (χ4v) is 3.42. The molecule has 1 N–H and O–H groups in total. The highest BCUT2D eigenvalue weighted by Crippen LogP contribution is 2.36. The second-order valence-electron chi connectivity index (χ2n) is 5.79. The van der Waals surface area contributed by atoms with Gasteiger partial charge in [0, 0.05) is 33.6 Å². The molecule has 0 radical (unpaired) electrons. The first-order valence-corrected chi connectivity index (χ1v) is 7.53. The van der Waals surface area contributed by atoms with E-state index in [1.54, 1.807) is 0 Å². The lowest BCUT2D eigenvalue weighted by molar-refractivity contribution is 0.901. The molecule has 1 aromatic heterocycles. The van der Waals surface area contributed by atoms with Gasteiger partial charge in [-0.2, -0.15) is 0 Å². The number of hydrogen-bond donors (Lipinski definition) is 1. The van der Waals surface area contributed by atoms with E-state index in [1.165, 1.54) is 38.5 Å². The molecule has 22 heavy (non-hydrogen) atoms. The highest BCUT2D eigenvalue weighted by Gasteiger charge is 2.21. The van der Waals surface area contributed by atoms with Crippen molar-refractivity contribution in [3.63, 3.8) is 0 Å². The smallest absolute Gasteiger partial charge is 0.101 e. The van der Waals surface area contributed by atoms with Crippen LogP contribution in [-0.2, 0) is 0 Å². The van der Waals surface area contributed by atoms with E-state index in [0.717, 1.165) is 0 Å². The number of rotatable bonds is 1. The van der Waals surface area contributed by atoms with Crippen molar-refractivity contribution >= 4 is 28.0 Å². The maximum absolute atomic E-state index is 4.72. The monoisotopic (exact) mass is 282 g/mol. The van der Waals surface area contributed by atoms with Crippen molar-refractivity contribution in [3.05, 3.63) is 83.4 Å². The van der Waals surface area contributed by atoms with Crippen LogP contribution in [0.15, 0.2) is 71.7 Å². The van der Waals surface area contributed by atoms with Crippen molar-refractivity contribution in [3.8, 4) is 0 Å². The number of hydrogen-bond acceptors (Lipinski definition) is 1. The number of aliphatic imine (C=N–C) groups is 1. The lowest BCUT2D eigenvalue weighted by atomic mass is 9.96. The Bertz CT molecular complexity index is 1030. The van der Waals surface area contributed by atoms with Gasteiger partial charge in [-0.3, -0.25) is 4.99 Å². The Hall–Kier alpha value is -2.87. The van der Waals surface area contributed by atoms with E-state index >= 15 is 0 Å². The van der Waals surface area contributed by atoms with Gasteiger partial charge < -0.3 is 4.98 Å². The number of fused-ring (bicyclic) bond motifs is 4. The molecule has 1 aliphatic heterocycles. The zero-order chi connectivity index (χ0) is 14.5. The maximum atomic E-state index is 4.72. The van der Waals surface area contributed by atoms with E-state index in [2.05, 4.69) is 65.6 Å². The molecule has 1 aliphatic rings. The van der Waals surface area contributed by atoms with Crippen LogP contribution in [-0.4, -0.2) is 11.2 Å². The number of aromatic nitrogens is 1. The zero-order valence-electron chi connectivity index (χ0n) is 12.0. The third-order valence-electron chi connectivity index (χ3n) is 4.48. The topological polar surface area (TPSA) is 28.1 Å². The minimum atomic E-state index is 0.120. The summed E-state index contributed by atoms with van der Waals surface area (Å²) in [6, 6.07) is 23.6. The Morgan fingerprint density at radius 1 is 0.773 bits per heavy atom. The first kappa shape index (κ1) is 11.8. The van der Waals surface area contributed by atoms with Crippen molar-refractivity contribution in [1.82, 2.24) is 4.98 Å².